The zero-order chi connectivity index (χ0) is 11.4. The summed E-state index contributed by atoms with van der Waals surface area (Å²) >= 11 is 0. The summed E-state index contributed by atoms with van der Waals surface area (Å²) in [6.45, 7) is 8.62. The van der Waals surface area contributed by atoms with E-state index < -0.39 is 0 Å². The second-order valence-corrected chi connectivity index (χ2v) is 5.57. The second kappa shape index (κ2) is 5.99. The van der Waals surface area contributed by atoms with Crippen molar-refractivity contribution in [3.8, 4) is 0 Å². The van der Waals surface area contributed by atoms with Crippen molar-refractivity contribution in [3.05, 3.63) is 0 Å². The first-order valence-electron chi connectivity index (χ1n) is 6.91. The summed E-state index contributed by atoms with van der Waals surface area (Å²) < 4.78 is 0. The highest BCUT2D eigenvalue weighted by Gasteiger charge is 2.21. The Morgan fingerprint density at radius 1 is 1.19 bits per heavy atom. The van der Waals surface area contributed by atoms with Crippen molar-refractivity contribution in [3.63, 3.8) is 0 Å². The van der Waals surface area contributed by atoms with E-state index in [2.05, 4.69) is 29.1 Å². The highest BCUT2D eigenvalue weighted by Crippen LogP contribution is 2.18. The van der Waals surface area contributed by atoms with Crippen molar-refractivity contribution >= 4 is 0 Å². The van der Waals surface area contributed by atoms with Gasteiger partial charge in [0.2, 0.25) is 0 Å². The summed E-state index contributed by atoms with van der Waals surface area (Å²) in [5, 5.41) is 3.58. The zero-order valence-electron chi connectivity index (χ0n) is 10.9. The van der Waals surface area contributed by atoms with E-state index in [1.54, 1.807) is 0 Å². The maximum atomic E-state index is 3.58. The number of likely N-dealkylation sites (N-methyl/N-ethyl adjacent to an activating group) is 1. The van der Waals surface area contributed by atoms with Crippen LogP contribution >= 0.6 is 0 Å². The zero-order valence-corrected chi connectivity index (χ0v) is 10.9. The van der Waals surface area contributed by atoms with Crippen LogP contribution in [-0.2, 0) is 0 Å². The monoisotopic (exact) mass is 225 g/mol. The van der Waals surface area contributed by atoms with E-state index in [0.717, 1.165) is 12.1 Å². The third-order valence-corrected chi connectivity index (χ3v) is 3.96. The normalized spacial score (nSPS) is 28.5. The summed E-state index contributed by atoms with van der Waals surface area (Å²) in [4.78, 5) is 5.09. The number of piperazine rings is 1. The van der Waals surface area contributed by atoms with Gasteiger partial charge in [-0.25, -0.2) is 0 Å². The van der Waals surface area contributed by atoms with Gasteiger partial charge in [-0.05, 0) is 52.7 Å². The maximum Gasteiger partial charge on any atom is 0.0192 e. The van der Waals surface area contributed by atoms with Crippen LogP contribution in [0.2, 0.25) is 0 Å². The Bertz CT molecular complexity index is 203. The van der Waals surface area contributed by atoms with Gasteiger partial charge in [0.05, 0.1) is 0 Å². The molecule has 0 aromatic heterocycles. The highest BCUT2D eigenvalue weighted by atomic mass is 15.3. The fourth-order valence-electron chi connectivity index (χ4n) is 2.38. The maximum absolute atomic E-state index is 3.58. The summed E-state index contributed by atoms with van der Waals surface area (Å²) in [6, 6.07) is 1.61. The Balaban J connectivity index is 1.48. The largest absolute Gasteiger partial charge is 0.314 e. The Morgan fingerprint density at radius 2 is 2.00 bits per heavy atom. The van der Waals surface area contributed by atoms with E-state index in [9.17, 15) is 0 Å². The van der Waals surface area contributed by atoms with Crippen LogP contribution in [0.25, 0.3) is 0 Å². The number of hydrogen-bond acceptors (Lipinski definition) is 3. The minimum atomic E-state index is 0.735. The topological polar surface area (TPSA) is 18.5 Å². The molecule has 1 aliphatic carbocycles. The molecule has 1 saturated heterocycles. The molecule has 3 nitrogen and oxygen atoms in total. The van der Waals surface area contributed by atoms with Crippen molar-refractivity contribution in [1.82, 2.24) is 15.1 Å². The summed E-state index contributed by atoms with van der Waals surface area (Å²) in [5.74, 6) is 0. The van der Waals surface area contributed by atoms with E-state index in [1.165, 1.54) is 58.4 Å². The van der Waals surface area contributed by atoms with Gasteiger partial charge < -0.3 is 15.1 Å². The number of hydrogen-bond donors (Lipinski definition) is 1. The molecule has 0 amide bonds. The Kier molecular flexibility index (Phi) is 4.62. The summed E-state index contributed by atoms with van der Waals surface area (Å²) in [5.41, 5.74) is 0. The molecule has 1 unspecified atom stereocenters. The molecule has 2 aliphatic rings. The van der Waals surface area contributed by atoms with Crippen LogP contribution in [0.1, 0.15) is 32.6 Å². The SMILES string of the molecule is CC1CN(CCCCNC2CC2)CCN1C. The van der Waals surface area contributed by atoms with Crippen molar-refractivity contribution in [2.24, 2.45) is 0 Å². The summed E-state index contributed by atoms with van der Waals surface area (Å²) in [7, 11) is 2.24. The van der Waals surface area contributed by atoms with Gasteiger partial charge in [0, 0.05) is 31.7 Å². The molecule has 94 valence electrons. The van der Waals surface area contributed by atoms with Gasteiger partial charge in [0.1, 0.15) is 0 Å². The Hall–Kier alpha value is -0.120. The molecule has 1 heterocycles. The number of nitrogens with zero attached hydrogens (tertiary/aromatic N) is 2. The first-order chi connectivity index (χ1) is 7.75. The molecule has 1 atom stereocenters. The van der Waals surface area contributed by atoms with Crippen LogP contribution in [0.15, 0.2) is 0 Å². The minimum absolute atomic E-state index is 0.735. The molecular weight excluding hydrogens is 198 g/mol. The molecule has 0 bridgehead atoms. The second-order valence-electron chi connectivity index (χ2n) is 5.57. The van der Waals surface area contributed by atoms with Gasteiger partial charge in [-0.15, -0.1) is 0 Å². The smallest absolute Gasteiger partial charge is 0.0192 e. The molecule has 0 radical (unpaired) electrons. The number of nitrogens with one attached hydrogen (secondary N) is 1. The van der Waals surface area contributed by atoms with Crippen molar-refractivity contribution in [1.29, 1.82) is 0 Å². The van der Waals surface area contributed by atoms with Crippen molar-refractivity contribution < 1.29 is 0 Å². The van der Waals surface area contributed by atoms with Crippen LogP contribution in [0, 0.1) is 0 Å². The molecule has 0 aromatic carbocycles. The molecule has 2 fully saturated rings. The quantitative estimate of drug-likeness (QED) is 0.684. The van der Waals surface area contributed by atoms with Crippen LogP contribution in [0.3, 0.4) is 0 Å². The van der Waals surface area contributed by atoms with E-state index in [4.69, 9.17) is 0 Å². The molecule has 3 heteroatoms. The minimum Gasteiger partial charge on any atom is -0.314 e. The lowest BCUT2D eigenvalue weighted by atomic mass is 10.2. The molecule has 2 rings (SSSR count). The van der Waals surface area contributed by atoms with Gasteiger partial charge >= 0.3 is 0 Å². The lowest BCUT2D eigenvalue weighted by Gasteiger charge is -2.37. The lowest BCUT2D eigenvalue weighted by Crippen LogP contribution is -2.50. The predicted molar refractivity (Wildman–Crippen MR) is 68.8 cm³/mol. The number of rotatable bonds is 6. The van der Waals surface area contributed by atoms with Gasteiger partial charge in [-0.3, -0.25) is 0 Å². The molecule has 1 aliphatic heterocycles. The predicted octanol–water partition coefficient (Wildman–Crippen LogP) is 1.15. The fraction of sp³-hybridized carbons (Fsp3) is 1.00. The first kappa shape index (κ1) is 12.3. The first-order valence-corrected chi connectivity index (χ1v) is 6.91. The lowest BCUT2D eigenvalue weighted by molar-refractivity contribution is 0.104. The van der Waals surface area contributed by atoms with Crippen LogP contribution in [-0.4, -0.2) is 61.7 Å². The third-order valence-electron chi connectivity index (χ3n) is 3.96. The Morgan fingerprint density at radius 3 is 2.69 bits per heavy atom. The van der Waals surface area contributed by atoms with Gasteiger partial charge in [-0.1, -0.05) is 0 Å². The molecule has 1 saturated carbocycles. The highest BCUT2D eigenvalue weighted by molar-refractivity contribution is 4.80. The van der Waals surface area contributed by atoms with Crippen molar-refractivity contribution in [2.45, 2.75) is 44.7 Å². The van der Waals surface area contributed by atoms with Crippen LogP contribution in [0.5, 0.6) is 0 Å². The molecular formula is C13H27N3. The van der Waals surface area contributed by atoms with E-state index >= 15 is 0 Å². The standard InChI is InChI=1S/C13H27N3/c1-12-11-16(10-9-15(12)2)8-4-3-7-14-13-5-6-13/h12-14H,3-11H2,1-2H3. The van der Waals surface area contributed by atoms with Gasteiger partial charge in [-0.2, -0.15) is 0 Å². The fourth-order valence-corrected chi connectivity index (χ4v) is 2.38. The Labute approximate surface area is 100 Å². The third kappa shape index (κ3) is 4.04. The van der Waals surface area contributed by atoms with E-state index in [0.29, 0.717) is 0 Å². The van der Waals surface area contributed by atoms with E-state index in [-0.39, 0.29) is 0 Å². The summed E-state index contributed by atoms with van der Waals surface area (Å²) in [6.07, 6.45) is 5.53. The average molecular weight is 225 g/mol. The molecule has 0 spiro atoms. The molecule has 1 N–H and O–H groups in total. The van der Waals surface area contributed by atoms with E-state index in [1.807, 2.05) is 0 Å². The van der Waals surface area contributed by atoms with Crippen LogP contribution < -0.4 is 5.32 Å². The van der Waals surface area contributed by atoms with Gasteiger partial charge in [0.25, 0.3) is 0 Å². The van der Waals surface area contributed by atoms with Crippen molar-refractivity contribution in [2.75, 3.05) is 39.8 Å². The molecule has 0 aromatic rings. The van der Waals surface area contributed by atoms with Gasteiger partial charge in [0.15, 0.2) is 0 Å². The van der Waals surface area contributed by atoms with Crippen LogP contribution in [0.4, 0.5) is 0 Å². The average Bonchev–Trinajstić information content (AvgIpc) is 3.07. The molecule has 16 heavy (non-hydrogen) atoms. The number of unbranched alkanes of at least 4 members (excludes halogenated alkanes) is 1.